The second-order valence-electron chi connectivity index (χ2n) is 6.63. The summed E-state index contributed by atoms with van der Waals surface area (Å²) in [5.41, 5.74) is 1.97. The van der Waals surface area contributed by atoms with E-state index in [1.165, 1.54) is 29.8 Å². The van der Waals surface area contributed by atoms with E-state index in [2.05, 4.69) is 11.4 Å². The predicted octanol–water partition coefficient (Wildman–Crippen LogP) is 2.86. The highest BCUT2D eigenvalue weighted by Crippen LogP contribution is 2.21. The molecule has 1 aliphatic carbocycles. The van der Waals surface area contributed by atoms with Crippen LogP contribution >= 0.6 is 0 Å². The first-order valence-corrected chi connectivity index (χ1v) is 10.8. The van der Waals surface area contributed by atoms with Crippen molar-refractivity contribution in [1.29, 1.82) is 0 Å². The molecule has 1 amide bonds. The quantitative estimate of drug-likeness (QED) is 0.704. The highest BCUT2D eigenvalue weighted by Gasteiger charge is 2.16. The number of nitrogens with zero attached hydrogens (tertiary/aromatic N) is 1. The van der Waals surface area contributed by atoms with Gasteiger partial charge in [-0.1, -0.05) is 11.6 Å². The molecule has 1 aromatic rings. The number of nitrogens with one attached hydrogen (secondary N) is 1. The van der Waals surface area contributed by atoms with Crippen molar-refractivity contribution in [2.75, 3.05) is 24.2 Å². The Kier molecular flexibility index (Phi) is 7.08. The standard InChI is InChI=1S/C19H28N2O4S/c1-15(19(22)20-14-13-16-7-5-4-6-8-16)25-18-11-9-17(10-12-18)21(2)26(3,23)24/h7,9-12,15H,4-6,8,13-14H2,1-3H3,(H,20,22). The number of rotatable bonds is 8. The molecule has 0 radical (unpaired) electrons. The summed E-state index contributed by atoms with van der Waals surface area (Å²) in [6, 6.07) is 6.62. The van der Waals surface area contributed by atoms with E-state index in [1.54, 1.807) is 31.2 Å². The normalized spacial score (nSPS) is 15.7. The molecule has 6 nitrogen and oxygen atoms in total. The number of sulfonamides is 1. The maximum absolute atomic E-state index is 12.2. The first-order chi connectivity index (χ1) is 12.3. The smallest absolute Gasteiger partial charge is 0.260 e. The van der Waals surface area contributed by atoms with Gasteiger partial charge < -0.3 is 10.1 Å². The lowest BCUT2D eigenvalue weighted by Crippen LogP contribution is -2.37. The third-order valence-electron chi connectivity index (χ3n) is 4.51. The van der Waals surface area contributed by atoms with Gasteiger partial charge in [0.1, 0.15) is 5.75 Å². The molecule has 1 N–H and O–H groups in total. The maximum Gasteiger partial charge on any atom is 0.260 e. The van der Waals surface area contributed by atoms with Crippen LogP contribution in [0.3, 0.4) is 0 Å². The van der Waals surface area contributed by atoms with Gasteiger partial charge in [-0.05, 0) is 63.3 Å². The van der Waals surface area contributed by atoms with Crippen LogP contribution in [0.15, 0.2) is 35.9 Å². The first kappa shape index (κ1) is 20.3. The zero-order valence-corrected chi connectivity index (χ0v) is 16.5. The van der Waals surface area contributed by atoms with Gasteiger partial charge in [-0.25, -0.2) is 8.42 Å². The van der Waals surface area contributed by atoms with Gasteiger partial charge in [-0.15, -0.1) is 0 Å². The van der Waals surface area contributed by atoms with Crippen LogP contribution in [-0.2, 0) is 14.8 Å². The molecule has 0 aromatic heterocycles. The molecule has 0 heterocycles. The summed E-state index contributed by atoms with van der Waals surface area (Å²) in [4.78, 5) is 12.2. The molecule has 26 heavy (non-hydrogen) atoms. The van der Waals surface area contributed by atoms with Crippen LogP contribution in [0.5, 0.6) is 5.75 Å². The van der Waals surface area contributed by atoms with Crippen molar-refractivity contribution in [2.45, 2.75) is 45.1 Å². The van der Waals surface area contributed by atoms with Crippen LogP contribution in [0.25, 0.3) is 0 Å². The van der Waals surface area contributed by atoms with E-state index in [4.69, 9.17) is 4.74 Å². The van der Waals surface area contributed by atoms with Crippen LogP contribution in [0.2, 0.25) is 0 Å². The van der Waals surface area contributed by atoms with Crippen LogP contribution < -0.4 is 14.4 Å². The number of carbonyl (C=O) groups is 1. The highest BCUT2D eigenvalue weighted by molar-refractivity contribution is 7.92. The SMILES string of the molecule is CC(Oc1ccc(N(C)S(C)(=O)=O)cc1)C(=O)NCCC1=CCCCC1. The lowest BCUT2D eigenvalue weighted by Gasteiger charge is -2.18. The Morgan fingerprint density at radius 3 is 2.54 bits per heavy atom. The monoisotopic (exact) mass is 380 g/mol. The van der Waals surface area contributed by atoms with Gasteiger partial charge in [-0.2, -0.15) is 0 Å². The van der Waals surface area contributed by atoms with Gasteiger partial charge in [0, 0.05) is 13.6 Å². The summed E-state index contributed by atoms with van der Waals surface area (Å²) in [7, 11) is -1.81. The fourth-order valence-electron chi connectivity index (χ4n) is 2.81. The molecule has 0 saturated heterocycles. The molecule has 0 fully saturated rings. The number of anilines is 1. The largest absolute Gasteiger partial charge is 0.481 e. The highest BCUT2D eigenvalue weighted by atomic mass is 32.2. The van der Waals surface area contributed by atoms with E-state index >= 15 is 0 Å². The molecule has 0 bridgehead atoms. The van der Waals surface area contributed by atoms with Crippen molar-refractivity contribution in [3.63, 3.8) is 0 Å². The molecule has 0 spiro atoms. The van der Waals surface area contributed by atoms with Crippen molar-refractivity contribution in [2.24, 2.45) is 0 Å². The predicted molar refractivity (Wildman–Crippen MR) is 104 cm³/mol. The molecule has 0 aliphatic heterocycles. The Bertz CT molecular complexity index is 741. The number of hydrogen-bond donors (Lipinski definition) is 1. The summed E-state index contributed by atoms with van der Waals surface area (Å²) < 4.78 is 29.9. The van der Waals surface area contributed by atoms with Crippen molar-refractivity contribution < 1.29 is 17.9 Å². The van der Waals surface area contributed by atoms with Crippen LogP contribution in [0, 0.1) is 0 Å². The maximum atomic E-state index is 12.2. The van der Waals surface area contributed by atoms with Gasteiger partial charge in [0.05, 0.1) is 11.9 Å². The lowest BCUT2D eigenvalue weighted by atomic mass is 9.97. The van der Waals surface area contributed by atoms with Crippen LogP contribution in [-0.4, -0.2) is 40.3 Å². The molecule has 1 aromatic carbocycles. The summed E-state index contributed by atoms with van der Waals surface area (Å²) in [6.45, 7) is 2.32. The number of ether oxygens (including phenoxy) is 1. The van der Waals surface area contributed by atoms with Crippen molar-refractivity contribution >= 4 is 21.6 Å². The molecule has 2 rings (SSSR count). The van der Waals surface area contributed by atoms with Gasteiger partial charge >= 0.3 is 0 Å². The van der Waals surface area contributed by atoms with Gasteiger partial charge in [0.2, 0.25) is 10.0 Å². The van der Waals surface area contributed by atoms with Crippen molar-refractivity contribution in [3.05, 3.63) is 35.9 Å². The van der Waals surface area contributed by atoms with Crippen molar-refractivity contribution in [3.8, 4) is 5.75 Å². The van der Waals surface area contributed by atoms with Crippen LogP contribution in [0.1, 0.15) is 39.0 Å². The number of carbonyl (C=O) groups excluding carboxylic acids is 1. The Morgan fingerprint density at radius 2 is 1.96 bits per heavy atom. The molecule has 144 valence electrons. The Balaban J connectivity index is 1.81. The molecule has 1 unspecified atom stereocenters. The molecular formula is C19H28N2O4S. The summed E-state index contributed by atoms with van der Waals surface area (Å²) in [5.74, 6) is 0.368. The van der Waals surface area contributed by atoms with E-state index < -0.39 is 16.1 Å². The summed E-state index contributed by atoms with van der Waals surface area (Å²) >= 11 is 0. The average molecular weight is 381 g/mol. The number of allylic oxidation sites excluding steroid dienone is 1. The van der Waals surface area contributed by atoms with E-state index in [-0.39, 0.29) is 5.91 Å². The third-order valence-corrected chi connectivity index (χ3v) is 5.72. The fraction of sp³-hybridized carbons (Fsp3) is 0.526. The zero-order valence-electron chi connectivity index (χ0n) is 15.7. The number of benzene rings is 1. The third kappa shape index (κ3) is 6.05. The van der Waals surface area contributed by atoms with Crippen molar-refractivity contribution in [1.82, 2.24) is 5.32 Å². The van der Waals surface area contributed by atoms with Gasteiger partial charge in [-0.3, -0.25) is 9.10 Å². The molecular weight excluding hydrogens is 352 g/mol. The van der Waals surface area contributed by atoms with E-state index in [0.717, 1.165) is 25.5 Å². The summed E-state index contributed by atoms with van der Waals surface area (Å²) in [6.07, 6.45) is 8.49. The number of amides is 1. The second-order valence-corrected chi connectivity index (χ2v) is 8.65. The van der Waals surface area contributed by atoms with E-state index in [9.17, 15) is 13.2 Å². The van der Waals surface area contributed by atoms with Gasteiger partial charge in [0.25, 0.3) is 5.91 Å². The minimum absolute atomic E-state index is 0.154. The Hall–Kier alpha value is -2.02. The topological polar surface area (TPSA) is 75.7 Å². The minimum atomic E-state index is -3.30. The zero-order chi connectivity index (χ0) is 19.2. The molecule has 1 atom stereocenters. The summed E-state index contributed by atoms with van der Waals surface area (Å²) in [5, 5.41) is 2.91. The van der Waals surface area contributed by atoms with E-state index in [0.29, 0.717) is 18.0 Å². The molecule has 7 heteroatoms. The Morgan fingerprint density at radius 1 is 1.27 bits per heavy atom. The minimum Gasteiger partial charge on any atom is -0.481 e. The first-order valence-electron chi connectivity index (χ1n) is 8.93. The second kappa shape index (κ2) is 9.07. The Labute approximate surface area is 156 Å². The molecule has 0 saturated carbocycles. The van der Waals surface area contributed by atoms with E-state index in [1.807, 2.05) is 0 Å². The fourth-order valence-corrected chi connectivity index (χ4v) is 3.31. The van der Waals surface area contributed by atoms with Gasteiger partial charge in [0.15, 0.2) is 6.10 Å². The number of hydrogen-bond acceptors (Lipinski definition) is 4. The van der Waals surface area contributed by atoms with Crippen LogP contribution in [0.4, 0.5) is 5.69 Å². The average Bonchev–Trinajstić information content (AvgIpc) is 2.61. The lowest BCUT2D eigenvalue weighted by molar-refractivity contribution is -0.127. The molecule has 1 aliphatic rings.